The number of ether oxygens (including phenoxy) is 2. The van der Waals surface area contributed by atoms with Gasteiger partial charge in [0, 0.05) is 12.2 Å². The molecule has 0 heterocycles. The van der Waals surface area contributed by atoms with E-state index in [1.807, 2.05) is 0 Å². The van der Waals surface area contributed by atoms with E-state index in [0.29, 0.717) is 0 Å². The molecule has 2 saturated carbocycles. The van der Waals surface area contributed by atoms with Crippen molar-refractivity contribution in [1.29, 1.82) is 0 Å². The van der Waals surface area contributed by atoms with Gasteiger partial charge in [-0.25, -0.2) is 9.59 Å². The molecule has 0 aromatic carbocycles. The molecule has 0 bridgehead atoms. The highest BCUT2D eigenvalue weighted by atomic mass is 16.6. The van der Waals surface area contributed by atoms with E-state index in [0.717, 1.165) is 37.8 Å². The Morgan fingerprint density at radius 2 is 1.21 bits per heavy atom. The standard InChI is InChI=1S/C10H12O4/c11-9(13-7-1-2-7)5-6-10(12)14-8-3-4-8/h5-8H,1-4H2/b6-5+. The summed E-state index contributed by atoms with van der Waals surface area (Å²) in [6.07, 6.45) is 6.15. The van der Waals surface area contributed by atoms with E-state index in [1.165, 1.54) is 0 Å². The van der Waals surface area contributed by atoms with E-state index >= 15 is 0 Å². The summed E-state index contributed by atoms with van der Waals surface area (Å²) in [6, 6.07) is 0. The number of carbonyl (C=O) groups excluding carboxylic acids is 2. The fraction of sp³-hybridized carbons (Fsp3) is 0.600. The molecule has 0 radical (unpaired) electrons. The van der Waals surface area contributed by atoms with Gasteiger partial charge in [-0.3, -0.25) is 0 Å². The van der Waals surface area contributed by atoms with Crippen LogP contribution >= 0.6 is 0 Å². The highest BCUT2D eigenvalue weighted by molar-refractivity contribution is 5.91. The van der Waals surface area contributed by atoms with E-state index in [4.69, 9.17) is 9.47 Å². The second-order valence-electron chi connectivity index (χ2n) is 3.61. The van der Waals surface area contributed by atoms with Gasteiger partial charge in [-0.05, 0) is 25.7 Å². The lowest BCUT2D eigenvalue weighted by molar-refractivity contribution is -0.141. The Kier molecular flexibility index (Phi) is 2.52. The molecular weight excluding hydrogens is 184 g/mol. The molecule has 76 valence electrons. The van der Waals surface area contributed by atoms with E-state index in [-0.39, 0.29) is 12.2 Å². The Labute approximate surface area is 81.9 Å². The summed E-state index contributed by atoms with van der Waals surface area (Å²) >= 11 is 0. The topological polar surface area (TPSA) is 52.6 Å². The first-order chi connectivity index (χ1) is 6.74. The Morgan fingerprint density at radius 1 is 0.857 bits per heavy atom. The van der Waals surface area contributed by atoms with E-state index in [1.54, 1.807) is 0 Å². The van der Waals surface area contributed by atoms with Gasteiger partial charge in [0.15, 0.2) is 0 Å². The average Bonchev–Trinajstić information content (AvgIpc) is 2.96. The molecule has 2 rings (SSSR count). The van der Waals surface area contributed by atoms with Crippen molar-refractivity contribution in [3.8, 4) is 0 Å². The second-order valence-corrected chi connectivity index (χ2v) is 3.61. The minimum Gasteiger partial charge on any atom is -0.459 e. The SMILES string of the molecule is O=C(/C=C/C(=O)OC1CC1)OC1CC1. The van der Waals surface area contributed by atoms with Crippen molar-refractivity contribution >= 4 is 11.9 Å². The van der Waals surface area contributed by atoms with Gasteiger partial charge in [-0.15, -0.1) is 0 Å². The van der Waals surface area contributed by atoms with Gasteiger partial charge in [-0.1, -0.05) is 0 Å². The summed E-state index contributed by atoms with van der Waals surface area (Å²) in [7, 11) is 0. The van der Waals surface area contributed by atoms with Crippen LogP contribution in [0.2, 0.25) is 0 Å². The van der Waals surface area contributed by atoms with Gasteiger partial charge in [0.2, 0.25) is 0 Å². The van der Waals surface area contributed by atoms with Crippen LogP contribution in [0.4, 0.5) is 0 Å². The smallest absolute Gasteiger partial charge is 0.331 e. The summed E-state index contributed by atoms with van der Waals surface area (Å²) in [5.41, 5.74) is 0. The Bertz CT molecular complexity index is 246. The summed E-state index contributed by atoms with van der Waals surface area (Å²) in [5.74, 6) is -0.916. The Balaban J connectivity index is 1.67. The number of rotatable bonds is 4. The van der Waals surface area contributed by atoms with Gasteiger partial charge >= 0.3 is 11.9 Å². The lowest BCUT2D eigenvalue weighted by Crippen LogP contribution is -2.06. The van der Waals surface area contributed by atoms with Crippen molar-refractivity contribution in [2.24, 2.45) is 0 Å². The molecule has 0 aromatic rings. The first-order valence-electron chi connectivity index (χ1n) is 4.83. The normalized spacial score (nSPS) is 20.9. The van der Waals surface area contributed by atoms with Crippen LogP contribution in [-0.2, 0) is 19.1 Å². The highest BCUT2D eigenvalue weighted by Gasteiger charge is 2.26. The van der Waals surface area contributed by atoms with Crippen LogP contribution in [0.25, 0.3) is 0 Å². The largest absolute Gasteiger partial charge is 0.459 e. The Morgan fingerprint density at radius 3 is 1.50 bits per heavy atom. The van der Waals surface area contributed by atoms with Gasteiger partial charge in [0.25, 0.3) is 0 Å². The monoisotopic (exact) mass is 196 g/mol. The molecule has 0 atom stereocenters. The van der Waals surface area contributed by atoms with E-state index in [9.17, 15) is 9.59 Å². The number of hydrogen-bond donors (Lipinski definition) is 0. The molecule has 0 saturated heterocycles. The maximum Gasteiger partial charge on any atom is 0.331 e. The molecule has 0 aromatic heterocycles. The van der Waals surface area contributed by atoms with Crippen LogP contribution in [0.5, 0.6) is 0 Å². The molecule has 0 N–H and O–H groups in total. The Hall–Kier alpha value is -1.32. The molecule has 0 amide bonds. The zero-order chi connectivity index (χ0) is 9.97. The molecule has 14 heavy (non-hydrogen) atoms. The fourth-order valence-electron chi connectivity index (χ4n) is 0.915. The summed E-state index contributed by atoms with van der Waals surface area (Å²) in [6.45, 7) is 0. The number of carbonyl (C=O) groups is 2. The van der Waals surface area contributed by atoms with E-state index in [2.05, 4.69) is 0 Å². The third-order valence-electron chi connectivity index (χ3n) is 1.97. The van der Waals surface area contributed by atoms with Crippen LogP contribution in [-0.4, -0.2) is 24.1 Å². The fourth-order valence-corrected chi connectivity index (χ4v) is 0.915. The molecule has 4 nitrogen and oxygen atoms in total. The molecular formula is C10H12O4. The minimum atomic E-state index is -0.458. The summed E-state index contributed by atoms with van der Waals surface area (Å²) < 4.78 is 9.80. The third kappa shape index (κ3) is 3.20. The van der Waals surface area contributed by atoms with Crippen molar-refractivity contribution < 1.29 is 19.1 Å². The average molecular weight is 196 g/mol. The molecule has 0 aliphatic heterocycles. The molecule has 2 aliphatic carbocycles. The molecule has 2 fully saturated rings. The molecule has 2 aliphatic rings. The molecule has 0 spiro atoms. The van der Waals surface area contributed by atoms with Gasteiger partial charge in [-0.2, -0.15) is 0 Å². The third-order valence-corrected chi connectivity index (χ3v) is 1.97. The number of hydrogen-bond acceptors (Lipinski definition) is 4. The van der Waals surface area contributed by atoms with E-state index < -0.39 is 11.9 Å². The quantitative estimate of drug-likeness (QED) is 0.496. The summed E-state index contributed by atoms with van der Waals surface area (Å²) in [5, 5.41) is 0. The zero-order valence-electron chi connectivity index (χ0n) is 7.77. The van der Waals surface area contributed by atoms with Crippen molar-refractivity contribution in [1.82, 2.24) is 0 Å². The van der Waals surface area contributed by atoms with Crippen molar-refractivity contribution in [2.45, 2.75) is 37.9 Å². The maximum atomic E-state index is 11.0. The molecule has 0 unspecified atom stereocenters. The zero-order valence-corrected chi connectivity index (χ0v) is 7.77. The van der Waals surface area contributed by atoms with Crippen molar-refractivity contribution in [3.05, 3.63) is 12.2 Å². The predicted molar refractivity (Wildman–Crippen MR) is 47.4 cm³/mol. The molecule has 4 heteroatoms. The lowest BCUT2D eigenvalue weighted by atomic mass is 10.5. The lowest BCUT2D eigenvalue weighted by Gasteiger charge is -1.97. The number of esters is 2. The van der Waals surface area contributed by atoms with Crippen LogP contribution in [0.1, 0.15) is 25.7 Å². The maximum absolute atomic E-state index is 11.0. The summed E-state index contributed by atoms with van der Waals surface area (Å²) in [4.78, 5) is 22.0. The second kappa shape index (κ2) is 3.82. The van der Waals surface area contributed by atoms with Crippen LogP contribution in [0, 0.1) is 0 Å². The predicted octanol–water partition coefficient (Wildman–Crippen LogP) is 0.954. The minimum absolute atomic E-state index is 0.0756. The van der Waals surface area contributed by atoms with Gasteiger partial charge in [0.1, 0.15) is 12.2 Å². The van der Waals surface area contributed by atoms with Crippen LogP contribution in [0.3, 0.4) is 0 Å². The van der Waals surface area contributed by atoms with Crippen molar-refractivity contribution in [2.75, 3.05) is 0 Å². The van der Waals surface area contributed by atoms with Crippen LogP contribution in [0.15, 0.2) is 12.2 Å². The first-order valence-corrected chi connectivity index (χ1v) is 4.83. The van der Waals surface area contributed by atoms with Gasteiger partial charge in [0.05, 0.1) is 0 Å². The first kappa shape index (κ1) is 9.24. The van der Waals surface area contributed by atoms with Crippen LogP contribution < -0.4 is 0 Å². The highest BCUT2D eigenvalue weighted by Crippen LogP contribution is 2.24. The van der Waals surface area contributed by atoms with Gasteiger partial charge < -0.3 is 9.47 Å². The van der Waals surface area contributed by atoms with Crippen molar-refractivity contribution in [3.63, 3.8) is 0 Å².